The van der Waals surface area contributed by atoms with Crippen LogP contribution < -0.4 is 193 Å². The summed E-state index contributed by atoms with van der Waals surface area (Å²) in [5, 5.41) is 0. The number of halogens is 30. The third kappa shape index (κ3) is 104000. The minimum Gasteiger partial charge on any atom is -1.00 e. The molecule has 240 valence electrons. The van der Waals surface area contributed by atoms with Gasteiger partial charge in [0.1, 0.15) is 0 Å². The van der Waals surface area contributed by atoms with E-state index in [1.807, 2.05) is 0 Å². The van der Waals surface area contributed by atoms with E-state index in [2.05, 4.69) is 0 Å². The van der Waals surface area contributed by atoms with E-state index in [1.165, 1.54) is 0 Å². The van der Waals surface area contributed by atoms with Crippen molar-refractivity contribution in [1.82, 2.24) is 0 Å². The van der Waals surface area contributed by atoms with Crippen LogP contribution in [-0.4, -0.2) is 0 Å². The van der Waals surface area contributed by atoms with Crippen molar-refractivity contribution in [1.29, 1.82) is 0 Å². The summed E-state index contributed by atoms with van der Waals surface area (Å²) < 4.78 is 0. The summed E-state index contributed by atoms with van der Waals surface area (Å²) in [7, 11) is 0. The number of hydrogen-bond acceptors (Lipinski definition) is 0. The molecule has 0 saturated carbocycles. The summed E-state index contributed by atoms with van der Waals surface area (Å²) in [5.74, 6) is 0. The third-order valence-electron chi connectivity index (χ3n) is 0. The van der Waals surface area contributed by atoms with Crippen LogP contribution in [0.1, 0.15) is 0 Å². The van der Waals surface area contributed by atoms with Gasteiger partial charge in [0.25, 0.3) is 0 Å². The molecule has 0 atom stereocenters. The van der Waals surface area contributed by atoms with Crippen molar-refractivity contribution in [2.75, 3.05) is 0 Å². The summed E-state index contributed by atoms with van der Waals surface area (Å²) in [4.78, 5) is 0. The molecule has 31 heteroatoms. The second-order valence-corrected chi connectivity index (χ2v) is 0. The Bertz CT molecular complexity index is 6.37. The van der Waals surface area contributed by atoms with Gasteiger partial charge in [-0.3, -0.25) is 0 Å². The van der Waals surface area contributed by atoms with Crippen molar-refractivity contribution < 1.29 is 193 Å². The molecule has 0 aromatic rings. The minimum atomic E-state index is 0. The SMILES string of the molecule is [F-].[F-].[F-].[F-].[F-].[F-].[F-].[F-].[F-].[F-].[F-].[F-].[F-].[F-].[F-].[F-].[F-].[F-].[F-].[F-].[F-].[F-].[F-].[F-].[F-].[F-].[F-].[F-].[F-].[F-].[K+]. The Labute approximate surface area is 192 Å². The van der Waals surface area contributed by atoms with Crippen LogP contribution in [-0.2, 0) is 0 Å². The van der Waals surface area contributed by atoms with Crippen molar-refractivity contribution in [3.8, 4) is 0 Å². The van der Waals surface area contributed by atoms with Gasteiger partial charge in [-0.1, -0.05) is 0 Å². The molecule has 0 rings (SSSR count). The maximum absolute atomic E-state index is 0. The molecule has 0 aromatic heterocycles. The van der Waals surface area contributed by atoms with Crippen molar-refractivity contribution in [2.24, 2.45) is 0 Å². The van der Waals surface area contributed by atoms with Crippen LogP contribution in [0, 0.1) is 0 Å². The Morgan fingerprint density at radius 2 is 0.0645 bits per heavy atom. The van der Waals surface area contributed by atoms with Gasteiger partial charge in [0.15, 0.2) is 0 Å². The van der Waals surface area contributed by atoms with Crippen molar-refractivity contribution in [3.05, 3.63) is 0 Å². The first kappa shape index (κ1) is 124000. The Morgan fingerprint density at radius 1 is 0.0645 bits per heavy atom. The van der Waals surface area contributed by atoms with E-state index in [9.17, 15) is 0 Å². The van der Waals surface area contributed by atoms with Crippen molar-refractivity contribution in [2.45, 2.75) is 0 Å². The molecule has 0 heterocycles. The van der Waals surface area contributed by atoms with Gasteiger partial charge in [-0.15, -0.1) is 0 Å². The van der Waals surface area contributed by atoms with E-state index in [4.69, 9.17) is 0 Å². The first-order valence-corrected chi connectivity index (χ1v) is 0. The summed E-state index contributed by atoms with van der Waals surface area (Å²) in [5.41, 5.74) is 0. The van der Waals surface area contributed by atoms with Gasteiger partial charge < -0.3 is 141 Å². The maximum atomic E-state index is 0. The van der Waals surface area contributed by atoms with Crippen LogP contribution in [0.5, 0.6) is 0 Å². The standard InChI is InChI=1S/30FH.K/h30*1H;/q;;;;;;;;;;;;;;;;;;;;;;;;;;;;;;+1/p-30. The maximum Gasteiger partial charge on any atom is 1.00 e. The predicted molar refractivity (Wildman–Crippen MR) is 0 cm³/mol. The predicted octanol–water partition coefficient (Wildman–Crippen LogP) is -92.9. The van der Waals surface area contributed by atoms with Crippen LogP contribution >= 0.6 is 0 Å². The molecule has 0 radical (unpaired) electrons. The fraction of sp³-hybridized carbons (Fsp3) is 0. The Morgan fingerprint density at radius 3 is 0.0645 bits per heavy atom. The zero-order valence-corrected chi connectivity index (χ0v) is 15.5. The second-order valence-electron chi connectivity index (χ2n) is 0. The average molecular weight is 609 g/mol. The molecule has 0 nitrogen and oxygen atoms in total. The van der Waals surface area contributed by atoms with Crippen molar-refractivity contribution >= 4 is 0 Å². The molecule has 0 saturated heterocycles. The smallest absolute Gasteiger partial charge is 1.00 e. The molecule has 0 aromatic carbocycles. The number of hydrogen-bond donors (Lipinski definition) is 0. The Kier molecular flexibility index (Phi) is 447000000. The molecule has 0 aliphatic heterocycles. The molecule has 0 N–H and O–H groups in total. The molecule has 0 bridgehead atoms. The van der Waals surface area contributed by atoms with E-state index in [0.717, 1.165) is 0 Å². The van der Waals surface area contributed by atoms with Crippen LogP contribution in [0.25, 0.3) is 0 Å². The van der Waals surface area contributed by atoms with E-state index >= 15 is 0 Å². The summed E-state index contributed by atoms with van der Waals surface area (Å²) in [6.07, 6.45) is 0. The van der Waals surface area contributed by atoms with Gasteiger partial charge >= 0.3 is 51.4 Å². The van der Waals surface area contributed by atoms with Gasteiger partial charge in [0.05, 0.1) is 0 Å². The molecule has 0 aliphatic carbocycles. The van der Waals surface area contributed by atoms with E-state index in [1.54, 1.807) is 0 Å². The quantitative estimate of drug-likeness (QED) is 0.189. The fourth-order valence-corrected chi connectivity index (χ4v) is 0. The molecule has 0 unspecified atom stereocenters. The van der Waals surface area contributed by atoms with Gasteiger partial charge in [-0.05, 0) is 0 Å². The van der Waals surface area contributed by atoms with Crippen LogP contribution in [0.3, 0.4) is 0 Å². The van der Waals surface area contributed by atoms with Crippen LogP contribution in [0.2, 0.25) is 0 Å². The zero-order valence-electron chi connectivity index (χ0n) is 12.3. The first-order chi connectivity index (χ1) is 0. The van der Waals surface area contributed by atoms with Gasteiger partial charge in [0.2, 0.25) is 0 Å². The minimum absolute atomic E-state index is 0. The fourth-order valence-electron chi connectivity index (χ4n) is 0. The zero-order chi connectivity index (χ0) is 0. The van der Waals surface area contributed by atoms with Crippen LogP contribution in [0.15, 0.2) is 0 Å². The van der Waals surface area contributed by atoms with E-state index in [0.29, 0.717) is 0 Å². The normalized spacial score (nSPS) is 0. The average Bonchev–Trinajstić information content (AvgIpc) is 0. The Balaban J connectivity index is 0. The van der Waals surface area contributed by atoms with Gasteiger partial charge in [-0.2, -0.15) is 0 Å². The molecule has 0 spiro atoms. The number of rotatable bonds is 0. The molecular formula is F30K-29. The third-order valence-corrected chi connectivity index (χ3v) is 0. The molecule has 31 heavy (non-hydrogen) atoms. The topological polar surface area (TPSA) is 0 Å². The molecule has 0 aliphatic rings. The van der Waals surface area contributed by atoms with Crippen molar-refractivity contribution in [3.63, 3.8) is 0 Å². The molecule has 0 fully saturated rings. The monoisotopic (exact) mass is 609 g/mol. The Hall–Kier alpha value is -0.464. The largest absolute Gasteiger partial charge is 1.00 e. The van der Waals surface area contributed by atoms with Gasteiger partial charge in [-0.25, -0.2) is 0 Å². The second kappa shape index (κ2) is 112000. The molecule has 0 amide bonds. The summed E-state index contributed by atoms with van der Waals surface area (Å²) in [6, 6.07) is 0. The molecular weight excluding hydrogens is 609 g/mol. The first-order valence-electron chi connectivity index (χ1n) is 0. The van der Waals surface area contributed by atoms with E-state index in [-0.39, 0.29) is 193 Å². The summed E-state index contributed by atoms with van der Waals surface area (Å²) in [6.45, 7) is 0. The van der Waals surface area contributed by atoms with E-state index < -0.39 is 0 Å². The summed E-state index contributed by atoms with van der Waals surface area (Å²) >= 11 is 0. The van der Waals surface area contributed by atoms with Crippen LogP contribution in [0.4, 0.5) is 0 Å². The van der Waals surface area contributed by atoms with Gasteiger partial charge in [0, 0.05) is 0 Å².